The minimum Gasteiger partial charge on any atom is -0.480 e. The molecular weight excluding hydrogens is 240 g/mol. The second-order valence-corrected chi connectivity index (χ2v) is 3.93. The van der Waals surface area contributed by atoms with Crippen LogP contribution in [0.2, 0.25) is 0 Å². The molecule has 0 bridgehead atoms. The Morgan fingerprint density at radius 1 is 1.39 bits per heavy atom. The molecule has 0 radical (unpaired) electrons. The second-order valence-electron chi connectivity index (χ2n) is 3.93. The molecule has 0 aliphatic rings. The fraction of sp³-hybridized carbons (Fsp3) is 0.636. The summed E-state index contributed by atoms with van der Waals surface area (Å²) >= 11 is 0. The highest BCUT2D eigenvalue weighted by molar-refractivity contribution is 5.99. The van der Waals surface area contributed by atoms with Gasteiger partial charge in [0.2, 0.25) is 0 Å². The van der Waals surface area contributed by atoms with E-state index >= 15 is 0 Å². The maximum atomic E-state index is 11.9. The molecule has 0 saturated heterocycles. The Bertz CT molecular complexity index is 442. The molecule has 0 aliphatic heterocycles. The second kappa shape index (κ2) is 5.61. The van der Waals surface area contributed by atoms with Gasteiger partial charge in [0, 0.05) is 6.42 Å². The summed E-state index contributed by atoms with van der Waals surface area (Å²) in [6, 6.07) is 0. The van der Waals surface area contributed by atoms with Crippen LogP contribution in [0.3, 0.4) is 0 Å². The largest absolute Gasteiger partial charge is 0.480 e. The van der Waals surface area contributed by atoms with Gasteiger partial charge in [0.1, 0.15) is 11.4 Å². The van der Waals surface area contributed by atoms with Crippen LogP contribution in [0.4, 0.5) is 0 Å². The van der Waals surface area contributed by atoms with Gasteiger partial charge in [-0.15, -0.1) is 0 Å². The number of aryl methyl sites for hydroxylation is 1. The first kappa shape index (κ1) is 14.1. The Hall–Kier alpha value is -1.92. The lowest BCUT2D eigenvalue weighted by Crippen LogP contribution is -2.42. The van der Waals surface area contributed by atoms with Crippen LogP contribution < -0.4 is 0 Å². The van der Waals surface area contributed by atoms with Crippen molar-refractivity contribution in [1.29, 1.82) is 0 Å². The summed E-state index contributed by atoms with van der Waals surface area (Å²) < 4.78 is 9.36. The molecule has 7 heteroatoms. The zero-order chi connectivity index (χ0) is 13.8. The van der Waals surface area contributed by atoms with Crippen molar-refractivity contribution in [2.75, 3.05) is 6.61 Å². The minimum absolute atomic E-state index is 0.0903. The summed E-state index contributed by atoms with van der Waals surface area (Å²) in [6.45, 7) is 5.01. The molecule has 1 aromatic heterocycles. The van der Waals surface area contributed by atoms with Crippen molar-refractivity contribution in [1.82, 2.24) is 10.3 Å². The van der Waals surface area contributed by atoms with E-state index in [1.54, 1.807) is 20.8 Å². The van der Waals surface area contributed by atoms with Crippen molar-refractivity contribution in [3.05, 3.63) is 11.4 Å². The molecule has 100 valence electrons. The predicted octanol–water partition coefficient (Wildman–Crippen LogP) is 0.965. The molecule has 0 aliphatic carbocycles. The minimum atomic E-state index is -1.64. The molecule has 1 heterocycles. The number of carboxylic acid groups (broad SMARTS) is 1. The lowest BCUT2D eigenvalue weighted by molar-refractivity contribution is -0.169. The van der Waals surface area contributed by atoms with Gasteiger partial charge in [-0.05, 0) is 20.3 Å². The molecule has 18 heavy (non-hydrogen) atoms. The maximum Gasteiger partial charge on any atom is 0.323 e. The summed E-state index contributed by atoms with van der Waals surface area (Å²) in [6.07, 6.45) is 0.0144. The highest BCUT2D eigenvalue weighted by Crippen LogP contribution is 2.29. The number of carboxylic acids is 1. The fourth-order valence-corrected chi connectivity index (χ4v) is 1.62. The van der Waals surface area contributed by atoms with Gasteiger partial charge in [0.15, 0.2) is 5.41 Å². The summed E-state index contributed by atoms with van der Waals surface area (Å²) in [5, 5.41) is 16.5. The van der Waals surface area contributed by atoms with Gasteiger partial charge in [-0.1, -0.05) is 17.2 Å². The van der Waals surface area contributed by atoms with Crippen LogP contribution in [0.25, 0.3) is 0 Å². The van der Waals surface area contributed by atoms with E-state index in [2.05, 4.69) is 14.9 Å². The Kier molecular flexibility index (Phi) is 4.41. The molecule has 1 atom stereocenters. The molecule has 0 amide bonds. The smallest absolute Gasteiger partial charge is 0.323 e. The SMILES string of the molecule is CCOC(=O)C(CC)(Cc1nonc1C)C(=O)O. The lowest BCUT2D eigenvalue weighted by Gasteiger charge is -2.24. The molecule has 1 aromatic rings. The van der Waals surface area contributed by atoms with Gasteiger partial charge < -0.3 is 9.84 Å². The van der Waals surface area contributed by atoms with E-state index in [-0.39, 0.29) is 19.4 Å². The number of nitrogens with zero attached hydrogens (tertiary/aromatic N) is 2. The number of aliphatic carboxylic acids is 1. The third-order valence-electron chi connectivity index (χ3n) is 2.89. The molecule has 1 rings (SSSR count). The number of hydrogen-bond donors (Lipinski definition) is 1. The van der Waals surface area contributed by atoms with Crippen molar-refractivity contribution >= 4 is 11.9 Å². The molecule has 1 N–H and O–H groups in total. The fourth-order valence-electron chi connectivity index (χ4n) is 1.62. The molecule has 0 saturated carbocycles. The van der Waals surface area contributed by atoms with Gasteiger partial charge in [-0.2, -0.15) is 0 Å². The first-order chi connectivity index (χ1) is 8.47. The third kappa shape index (κ3) is 2.49. The summed E-state index contributed by atoms with van der Waals surface area (Å²) in [4.78, 5) is 23.3. The number of carbonyl (C=O) groups excluding carboxylic acids is 1. The predicted molar refractivity (Wildman–Crippen MR) is 59.7 cm³/mol. The quantitative estimate of drug-likeness (QED) is 0.597. The Morgan fingerprint density at radius 3 is 2.44 bits per heavy atom. The van der Waals surface area contributed by atoms with Crippen LogP contribution in [0.1, 0.15) is 31.7 Å². The van der Waals surface area contributed by atoms with Crippen LogP contribution in [-0.4, -0.2) is 34.0 Å². The van der Waals surface area contributed by atoms with E-state index in [0.29, 0.717) is 11.4 Å². The van der Waals surface area contributed by atoms with Crippen LogP contribution in [-0.2, 0) is 20.7 Å². The Labute approximate surface area is 104 Å². The van der Waals surface area contributed by atoms with Gasteiger partial charge in [-0.25, -0.2) is 4.63 Å². The third-order valence-corrected chi connectivity index (χ3v) is 2.89. The topological polar surface area (TPSA) is 103 Å². The number of ether oxygens (including phenoxy) is 1. The van der Waals surface area contributed by atoms with E-state index in [1.807, 2.05) is 0 Å². The lowest BCUT2D eigenvalue weighted by atomic mass is 9.80. The van der Waals surface area contributed by atoms with Crippen molar-refractivity contribution in [2.24, 2.45) is 5.41 Å². The average molecular weight is 256 g/mol. The Balaban J connectivity index is 3.08. The zero-order valence-electron chi connectivity index (χ0n) is 10.6. The van der Waals surface area contributed by atoms with Crippen molar-refractivity contribution < 1.29 is 24.1 Å². The van der Waals surface area contributed by atoms with Crippen LogP contribution in [0, 0.1) is 12.3 Å². The molecule has 0 spiro atoms. The van der Waals surface area contributed by atoms with Gasteiger partial charge in [0.05, 0.1) is 6.61 Å². The van der Waals surface area contributed by atoms with E-state index in [1.165, 1.54) is 0 Å². The summed E-state index contributed by atoms with van der Waals surface area (Å²) in [5.74, 6) is -1.99. The van der Waals surface area contributed by atoms with Crippen LogP contribution in [0.15, 0.2) is 4.63 Å². The molecule has 1 unspecified atom stereocenters. The van der Waals surface area contributed by atoms with Crippen LogP contribution in [0.5, 0.6) is 0 Å². The normalized spacial score (nSPS) is 13.9. The number of hydrogen-bond acceptors (Lipinski definition) is 6. The summed E-state index contributed by atoms with van der Waals surface area (Å²) in [5.41, 5.74) is -0.815. The van der Waals surface area contributed by atoms with Gasteiger partial charge >= 0.3 is 11.9 Å². The van der Waals surface area contributed by atoms with Crippen molar-refractivity contribution in [3.8, 4) is 0 Å². The molecule has 7 nitrogen and oxygen atoms in total. The van der Waals surface area contributed by atoms with E-state index < -0.39 is 17.4 Å². The number of carbonyl (C=O) groups is 2. The standard InChI is InChI=1S/C11H16N2O5/c1-4-11(9(14)15,10(16)17-5-2)6-8-7(3)12-18-13-8/h4-6H2,1-3H3,(H,14,15). The first-order valence-corrected chi connectivity index (χ1v) is 5.66. The Morgan fingerprint density at radius 2 is 2.06 bits per heavy atom. The van der Waals surface area contributed by atoms with Crippen molar-refractivity contribution in [2.45, 2.75) is 33.6 Å². The average Bonchev–Trinajstić information content (AvgIpc) is 2.71. The summed E-state index contributed by atoms with van der Waals surface area (Å²) in [7, 11) is 0. The zero-order valence-corrected chi connectivity index (χ0v) is 10.6. The maximum absolute atomic E-state index is 11.9. The van der Waals surface area contributed by atoms with Gasteiger partial charge in [-0.3, -0.25) is 9.59 Å². The highest BCUT2D eigenvalue weighted by atomic mass is 16.6. The van der Waals surface area contributed by atoms with Gasteiger partial charge in [0.25, 0.3) is 0 Å². The monoisotopic (exact) mass is 256 g/mol. The highest BCUT2D eigenvalue weighted by Gasteiger charge is 2.47. The number of rotatable bonds is 6. The van der Waals surface area contributed by atoms with E-state index in [4.69, 9.17) is 4.74 Å². The molecule has 0 aromatic carbocycles. The van der Waals surface area contributed by atoms with Crippen LogP contribution >= 0.6 is 0 Å². The van der Waals surface area contributed by atoms with E-state index in [9.17, 15) is 14.7 Å². The van der Waals surface area contributed by atoms with E-state index in [0.717, 1.165) is 0 Å². The number of esters is 1. The number of aromatic nitrogens is 2. The van der Waals surface area contributed by atoms with Crippen molar-refractivity contribution in [3.63, 3.8) is 0 Å². The molecule has 0 fully saturated rings. The first-order valence-electron chi connectivity index (χ1n) is 5.66. The molecular formula is C11H16N2O5.